The molecule has 4 nitrogen and oxygen atoms in total. The topological polar surface area (TPSA) is 58.6 Å². The second-order valence-corrected chi connectivity index (χ2v) is 5.07. The molecule has 0 aromatic carbocycles. The molecule has 5 heteroatoms. The SMILES string of the molecule is COCCCC(=O)NCC(C)(O)c1cccs1. The van der Waals surface area contributed by atoms with E-state index >= 15 is 0 Å². The van der Waals surface area contributed by atoms with Crippen LogP contribution in [0, 0.1) is 0 Å². The van der Waals surface area contributed by atoms with Crippen LogP contribution in [-0.4, -0.2) is 31.3 Å². The van der Waals surface area contributed by atoms with E-state index in [0.717, 1.165) is 4.88 Å². The molecule has 0 spiro atoms. The van der Waals surface area contributed by atoms with Gasteiger partial charge in [0.1, 0.15) is 5.60 Å². The van der Waals surface area contributed by atoms with Crippen LogP contribution in [0.15, 0.2) is 17.5 Å². The van der Waals surface area contributed by atoms with Crippen molar-refractivity contribution >= 4 is 17.2 Å². The second kappa shape index (κ2) is 6.74. The van der Waals surface area contributed by atoms with Crippen LogP contribution >= 0.6 is 11.3 Å². The number of hydrogen-bond acceptors (Lipinski definition) is 4. The van der Waals surface area contributed by atoms with E-state index < -0.39 is 5.60 Å². The highest BCUT2D eigenvalue weighted by molar-refractivity contribution is 7.10. The lowest BCUT2D eigenvalue weighted by molar-refractivity contribution is -0.122. The average molecular weight is 257 g/mol. The van der Waals surface area contributed by atoms with Crippen molar-refractivity contribution in [1.82, 2.24) is 5.32 Å². The van der Waals surface area contributed by atoms with Crippen molar-refractivity contribution in [1.29, 1.82) is 0 Å². The zero-order valence-corrected chi connectivity index (χ0v) is 11.0. The fourth-order valence-corrected chi connectivity index (χ4v) is 2.20. The lowest BCUT2D eigenvalue weighted by Crippen LogP contribution is -2.38. The van der Waals surface area contributed by atoms with Gasteiger partial charge in [-0.1, -0.05) is 6.07 Å². The number of hydrogen-bond donors (Lipinski definition) is 2. The van der Waals surface area contributed by atoms with Crippen molar-refractivity contribution in [2.24, 2.45) is 0 Å². The van der Waals surface area contributed by atoms with Gasteiger partial charge in [-0.25, -0.2) is 0 Å². The first kappa shape index (κ1) is 14.2. The Morgan fingerprint density at radius 3 is 3.00 bits per heavy atom. The lowest BCUT2D eigenvalue weighted by atomic mass is 10.1. The maximum absolute atomic E-state index is 11.5. The van der Waals surface area contributed by atoms with Gasteiger partial charge in [-0.3, -0.25) is 4.79 Å². The Hall–Kier alpha value is -0.910. The molecule has 96 valence electrons. The van der Waals surface area contributed by atoms with Crippen LogP contribution in [0.2, 0.25) is 0 Å². The minimum absolute atomic E-state index is 0.0566. The van der Waals surface area contributed by atoms with Crippen LogP contribution in [0.3, 0.4) is 0 Å². The number of amides is 1. The Morgan fingerprint density at radius 1 is 1.65 bits per heavy atom. The third-order valence-electron chi connectivity index (χ3n) is 2.43. The molecule has 0 fully saturated rings. The standard InChI is InChI=1S/C12H19NO3S/c1-12(15,10-5-4-8-17-10)9-13-11(14)6-3-7-16-2/h4-5,8,15H,3,6-7,9H2,1-2H3,(H,13,14). The maximum Gasteiger partial charge on any atom is 0.220 e. The predicted molar refractivity (Wildman–Crippen MR) is 68.0 cm³/mol. The quantitative estimate of drug-likeness (QED) is 0.728. The molecule has 1 rings (SSSR count). The molecule has 0 saturated carbocycles. The molecule has 1 aromatic heterocycles. The van der Waals surface area contributed by atoms with E-state index in [0.29, 0.717) is 19.4 Å². The van der Waals surface area contributed by atoms with Crippen molar-refractivity contribution in [3.8, 4) is 0 Å². The van der Waals surface area contributed by atoms with Crippen LogP contribution in [0.1, 0.15) is 24.6 Å². The summed E-state index contributed by atoms with van der Waals surface area (Å²) in [6.07, 6.45) is 1.12. The Morgan fingerprint density at radius 2 is 2.41 bits per heavy atom. The third kappa shape index (κ3) is 4.85. The average Bonchev–Trinajstić information content (AvgIpc) is 2.81. The van der Waals surface area contributed by atoms with Crippen molar-refractivity contribution in [2.45, 2.75) is 25.4 Å². The summed E-state index contributed by atoms with van der Waals surface area (Å²) < 4.78 is 4.87. The van der Waals surface area contributed by atoms with Crippen LogP contribution in [0.5, 0.6) is 0 Å². The van der Waals surface area contributed by atoms with Gasteiger partial charge in [-0.2, -0.15) is 0 Å². The zero-order chi connectivity index (χ0) is 12.7. The Bertz CT molecular complexity index is 336. The summed E-state index contributed by atoms with van der Waals surface area (Å²) in [5, 5.41) is 14.8. The molecule has 0 aliphatic carbocycles. The number of nitrogens with one attached hydrogen (secondary N) is 1. The van der Waals surface area contributed by atoms with Gasteiger partial charge in [0, 0.05) is 25.0 Å². The Balaban J connectivity index is 2.32. The van der Waals surface area contributed by atoms with E-state index in [2.05, 4.69) is 5.32 Å². The summed E-state index contributed by atoms with van der Waals surface area (Å²) in [5.41, 5.74) is -0.995. The van der Waals surface area contributed by atoms with Crippen molar-refractivity contribution in [2.75, 3.05) is 20.3 Å². The summed E-state index contributed by atoms with van der Waals surface area (Å²) in [4.78, 5) is 12.3. The van der Waals surface area contributed by atoms with Gasteiger partial charge in [-0.05, 0) is 24.8 Å². The molecular weight excluding hydrogens is 238 g/mol. The first-order chi connectivity index (χ1) is 8.06. The second-order valence-electron chi connectivity index (χ2n) is 4.12. The lowest BCUT2D eigenvalue weighted by Gasteiger charge is -2.22. The molecule has 1 amide bonds. The summed E-state index contributed by atoms with van der Waals surface area (Å²) >= 11 is 1.48. The van der Waals surface area contributed by atoms with Crippen molar-refractivity contribution in [3.05, 3.63) is 22.4 Å². The van der Waals surface area contributed by atoms with Gasteiger partial charge >= 0.3 is 0 Å². The van der Waals surface area contributed by atoms with Crippen molar-refractivity contribution in [3.63, 3.8) is 0 Å². The normalized spacial score (nSPS) is 14.3. The fraction of sp³-hybridized carbons (Fsp3) is 0.583. The van der Waals surface area contributed by atoms with Gasteiger partial charge in [0.05, 0.1) is 6.54 Å². The Kier molecular flexibility index (Phi) is 5.61. The number of carbonyl (C=O) groups is 1. The monoisotopic (exact) mass is 257 g/mol. The van der Waals surface area contributed by atoms with Gasteiger partial charge in [0.25, 0.3) is 0 Å². The van der Waals surface area contributed by atoms with E-state index in [4.69, 9.17) is 4.74 Å². The molecular formula is C12H19NO3S. The van der Waals surface area contributed by atoms with Crippen LogP contribution in [-0.2, 0) is 15.1 Å². The van der Waals surface area contributed by atoms with Gasteiger partial charge in [0.15, 0.2) is 0 Å². The van der Waals surface area contributed by atoms with E-state index in [1.54, 1.807) is 14.0 Å². The predicted octanol–water partition coefficient (Wildman–Crippen LogP) is 1.50. The largest absolute Gasteiger partial charge is 0.385 e. The molecule has 0 aliphatic heterocycles. The first-order valence-corrected chi connectivity index (χ1v) is 6.46. The number of ether oxygens (including phenoxy) is 1. The smallest absolute Gasteiger partial charge is 0.220 e. The number of methoxy groups -OCH3 is 1. The maximum atomic E-state index is 11.5. The zero-order valence-electron chi connectivity index (χ0n) is 10.2. The number of thiophene rings is 1. The van der Waals surface area contributed by atoms with Crippen LogP contribution in [0.4, 0.5) is 0 Å². The minimum atomic E-state index is -0.995. The summed E-state index contributed by atoms with van der Waals surface area (Å²) in [6.45, 7) is 2.52. The first-order valence-electron chi connectivity index (χ1n) is 5.58. The molecule has 1 atom stereocenters. The van der Waals surface area contributed by atoms with Gasteiger partial charge in [0.2, 0.25) is 5.91 Å². The van der Waals surface area contributed by atoms with Crippen LogP contribution in [0.25, 0.3) is 0 Å². The number of rotatable bonds is 7. The molecule has 0 aliphatic rings. The third-order valence-corrected chi connectivity index (χ3v) is 3.56. The summed E-state index contributed by atoms with van der Waals surface area (Å²) in [7, 11) is 1.61. The van der Waals surface area contributed by atoms with Gasteiger partial charge < -0.3 is 15.2 Å². The van der Waals surface area contributed by atoms with E-state index in [-0.39, 0.29) is 12.5 Å². The highest BCUT2D eigenvalue weighted by Gasteiger charge is 2.24. The molecule has 1 heterocycles. The van der Waals surface area contributed by atoms with E-state index in [1.807, 2.05) is 17.5 Å². The Labute approximate surface area is 106 Å². The van der Waals surface area contributed by atoms with Gasteiger partial charge in [-0.15, -0.1) is 11.3 Å². The van der Waals surface area contributed by atoms with E-state index in [9.17, 15) is 9.90 Å². The van der Waals surface area contributed by atoms with Crippen molar-refractivity contribution < 1.29 is 14.6 Å². The number of aliphatic hydroxyl groups is 1. The van der Waals surface area contributed by atoms with E-state index in [1.165, 1.54) is 11.3 Å². The fourth-order valence-electron chi connectivity index (χ4n) is 1.41. The molecule has 2 N–H and O–H groups in total. The van der Waals surface area contributed by atoms with Crippen LogP contribution < -0.4 is 5.32 Å². The minimum Gasteiger partial charge on any atom is -0.385 e. The number of carbonyl (C=O) groups excluding carboxylic acids is 1. The molecule has 17 heavy (non-hydrogen) atoms. The summed E-state index contributed by atoms with van der Waals surface area (Å²) in [5.74, 6) is -0.0566. The highest BCUT2D eigenvalue weighted by Crippen LogP contribution is 2.24. The summed E-state index contributed by atoms with van der Waals surface area (Å²) in [6, 6.07) is 3.75. The highest BCUT2D eigenvalue weighted by atomic mass is 32.1. The molecule has 0 saturated heterocycles. The molecule has 1 aromatic rings. The molecule has 1 unspecified atom stereocenters. The molecule has 0 radical (unpaired) electrons. The molecule has 0 bridgehead atoms.